The molecule has 0 aromatic carbocycles. The van der Waals surface area contributed by atoms with E-state index >= 15 is 0 Å². The predicted octanol–water partition coefficient (Wildman–Crippen LogP) is -0.196. The Balaban J connectivity index is 1.79. The molecule has 1 saturated heterocycles. The van der Waals surface area contributed by atoms with Crippen LogP contribution in [-0.2, 0) is 20.7 Å². The van der Waals surface area contributed by atoms with Gasteiger partial charge in [-0.05, 0) is 20.5 Å². The third-order valence-electron chi connectivity index (χ3n) is 3.42. The van der Waals surface area contributed by atoms with Crippen molar-refractivity contribution in [3.8, 4) is 0 Å². The first kappa shape index (κ1) is 15.9. The standard InChI is InChI=1S/C14H24N4O3/c1-18(2)4-6-21-13-3-5-20-9-12(13)17-14(19)7-11-8-15-10-16-11/h8,10,12-13H,3-7,9H2,1-2H3,(H,15,16)(H,17,19)/t12-,13+/m1/s1. The van der Waals surface area contributed by atoms with Crippen LogP contribution in [0.1, 0.15) is 12.1 Å². The van der Waals surface area contributed by atoms with E-state index in [1.165, 1.54) is 0 Å². The number of aromatic nitrogens is 2. The fraction of sp³-hybridized carbons (Fsp3) is 0.714. The van der Waals surface area contributed by atoms with Gasteiger partial charge in [-0.1, -0.05) is 0 Å². The lowest BCUT2D eigenvalue weighted by Gasteiger charge is -2.32. The molecule has 1 aliphatic heterocycles. The number of likely N-dealkylation sites (N-methyl/N-ethyl adjacent to an activating group) is 1. The topological polar surface area (TPSA) is 79.5 Å². The summed E-state index contributed by atoms with van der Waals surface area (Å²) in [7, 11) is 4.02. The summed E-state index contributed by atoms with van der Waals surface area (Å²) in [5.74, 6) is -0.0454. The third-order valence-corrected chi connectivity index (χ3v) is 3.42. The Labute approximate surface area is 125 Å². The van der Waals surface area contributed by atoms with Crippen molar-refractivity contribution in [1.82, 2.24) is 20.2 Å². The smallest absolute Gasteiger partial charge is 0.226 e. The highest BCUT2D eigenvalue weighted by Crippen LogP contribution is 2.12. The summed E-state index contributed by atoms with van der Waals surface area (Å²) in [5, 5.41) is 3.00. The molecule has 2 atom stereocenters. The number of H-pyrrole nitrogens is 1. The number of imidazole rings is 1. The molecule has 1 aromatic heterocycles. The summed E-state index contributed by atoms with van der Waals surface area (Å²) < 4.78 is 11.3. The van der Waals surface area contributed by atoms with Gasteiger partial charge < -0.3 is 24.7 Å². The minimum absolute atomic E-state index is 0.0180. The van der Waals surface area contributed by atoms with Crippen LogP contribution >= 0.6 is 0 Å². The van der Waals surface area contributed by atoms with Crippen molar-refractivity contribution >= 4 is 5.91 Å². The Morgan fingerprint density at radius 1 is 1.62 bits per heavy atom. The van der Waals surface area contributed by atoms with Gasteiger partial charge in [-0.2, -0.15) is 0 Å². The third kappa shape index (κ3) is 5.45. The van der Waals surface area contributed by atoms with E-state index in [1.807, 2.05) is 14.1 Å². The first-order valence-corrected chi connectivity index (χ1v) is 7.26. The Kier molecular flexibility index (Phi) is 6.16. The van der Waals surface area contributed by atoms with Crippen LogP contribution < -0.4 is 5.32 Å². The molecular weight excluding hydrogens is 272 g/mol. The van der Waals surface area contributed by atoms with Gasteiger partial charge >= 0.3 is 0 Å². The molecule has 7 nitrogen and oxygen atoms in total. The maximum atomic E-state index is 12.0. The number of hydrogen-bond donors (Lipinski definition) is 2. The monoisotopic (exact) mass is 296 g/mol. The Morgan fingerprint density at radius 3 is 3.19 bits per heavy atom. The van der Waals surface area contributed by atoms with E-state index in [0.29, 0.717) is 26.2 Å². The predicted molar refractivity (Wildman–Crippen MR) is 78.0 cm³/mol. The number of nitrogens with one attached hydrogen (secondary N) is 2. The number of ether oxygens (including phenoxy) is 2. The van der Waals surface area contributed by atoms with E-state index in [9.17, 15) is 4.79 Å². The quantitative estimate of drug-likeness (QED) is 0.729. The van der Waals surface area contributed by atoms with Crippen LogP contribution in [0, 0.1) is 0 Å². The summed E-state index contributed by atoms with van der Waals surface area (Å²) in [6.07, 6.45) is 4.34. The lowest BCUT2D eigenvalue weighted by Crippen LogP contribution is -2.51. The first-order chi connectivity index (χ1) is 10.1. The maximum absolute atomic E-state index is 12.0. The average Bonchev–Trinajstić information content (AvgIpc) is 2.93. The van der Waals surface area contributed by atoms with Crippen LogP contribution in [0.25, 0.3) is 0 Å². The SMILES string of the molecule is CN(C)CCO[C@H]1CCOC[C@H]1NC(=O)Cc1cnc[nH]1. The zero-order valence-electron chi connectivity index (χ0n) is 12.7. The van der Waals surface area contributed by atoms with Gasteiger partial charge in [-0.25, -0.2) is 4.98 Å². The summed E-state index contributed by atoms with van der Waals surface area (Å²) in [6, 6.07) is -0.0867. The number of hydrogen-bond acceptors (Lipinski definition) is 5. The van der Waals surface area contributed by atoms with E-state index in [-0.39, 0.29) is 18.1 Å². The molecule has 7 heteroatoms. The van der Waals surface area contributed by atoms with Gasteiger partial charge in [0.1, 0.15) is 0 Å². The van der Waals surface area contributed by atoms with Gasteiger partial charge in [0.25, 0.3) is 0 Å². The zero-order valence-corrected chi connectivity index (χ0v) is 12.7. The summed E-state index contributed by atoms with van der Waals surface area (Å²) in [6.45, 7) is 2.71. The Hall–Kier alpha value is -1.44. The number of nitrogens with zero attached hydrogens (tertiary/aromatic N) is 2. The number of rotatable bonds is 7. The molecule has 1 fully saturated rings. The van der Waals surface area contributed by atoms with Gasteiger partial charge in [0, 0.05) is 25.0 Å². The lowest BCUT2D eigenvalue weighted by molar-refractivity contribution is -0.125. The first-order valence-electron chi connectivity index (χ1n) is 7.26. The van der Waals surface area contributed by atoms with Gasteiger partial charge in [-0.3, -0.25) is 4.79 Å². The molecule has 2 heterocycles. The molecule has 0 saturated carbocycles. The van der Waals surface area contributed by atoms with Crippen LogP contribution in [-0.4, -0.2) is 73.4 Å². The fourth-order valence-corrected chi connectivity index (χ4v) is 2.25. The number of amides is 1. The van der Waals surface area contributed by atoms with Crippen molar-refractivity contribution in [1.29, 1.82) is 0 Å². The largest absolute Gasteiger partial charge is 0.379 e. The van der Waals surface area contributed by atoms with Crippen LogP contribution in [0.4, 0.5) is 0 Å². The van der Waals surface area contributed by atoms with Crippen LogP contribution in [0.5, 0.6) is 0 Å². The van der Waals surface area contributed by atoms with E-state index in [1.54, 1.807) is 12.5 Å². The van der Waals surface area contributed by atoms with Gasteiger partial charge in [0.05, 0.1) is 38.1 Å². The van der Waals surface area contributed by atoms with Gasteiger partial charge in [-0.15, -0.1) is 0 Å². The average molecular weight is 296 g/mol. The molecule has 0 radical (unpaired) electrons. The van der Waals surface area contributed by atoms with Crippen molar-refractivity contribution in [2.75, 3.05) is 40.5 Å². The number of aromatic amines is 1. The van der Waals surface area contributed by atoms with Crippen molar-refractivity contribution in [3.05, 3.63) is 18.2 Å². The second kappa shape index (κ2) is 8.11. The zero-order chi connectivity index (χ0) is 15.1. The summed E-state index contributed by atoms with van der Waals surface area (Å²) in [4.78, 5) is 20.9. The van der Waals surface area contributed by atoms with Gasteiger partial charge in [0.15, 0.2) is 0 Å². The van der Waals surface area contributed by atoms with Crippen molar-refractivity contribution in [3.63, 3.8) is 0 Å². The van der Waals surface area contributed by atoms with Crippen LogP contribution in [0.2, 0.25) is 0 Å². The van der Waals surface area contributed by atoms with E-state index in [4.69, 9.17) is 9.47 Å². The minimum atomic E-state index is -0.0867. The number of carbonyl (C=O) groups is 1. The second-order valence-corrected chi connectivity index (χ2v) is 5.50. The molecule has 21 heavy (non-hydrogen) atoms. The molecule has 1 amide bonds. The second-order valence-electron chi connectivity index (χ2n) is 5.50. The van der Waals surface area contributed by atoms with Crippen LogP contribution in [0.15, 0.2) is 12.5 Å². The van der Waals surface area contributed by atoms with Crippen molar-refractivity contribution in [2.45, 2.75) is 25.0 Å². The molecule has 1 aliphatic rings. The molecule has 2 rings (SSSR count). The van der Waals surface area contributed by atoms with Gasteiger partial charge in [0.2, 0.25) is 5.91 Å². The Morgan fingerprint density at radius 2 is 2.48 bits per heavy atom. The maximum Gasteiger partial charge on any atom is 0.226 e. The molecule has 2 N–H and O–H groups in total. The number of carbonyl (C=O) groups excluding carboxylic acids is 1. The molecule has 1 aromatic rings. The van der Waals surface area contributed by atoms with E-state index < -0.39 is 0 Å². The summed E-state index contributed by atoms with van der Waals surface area (Å²) in [5.41, 5.74) is 0.800. The molecular formula is C14H24N4O3. The molecule has 0 bridgehead atoms. The highest BCUT2D eigenvalue weighted by atomic mass is 16.5. The van der Waals surface area contributed by atoms with E-state index in [2.05, 4.69) is 20.2 Å². The summed E-state index contributed by atoms with van der Waals surface area (Å²) >= 11 is 0. The normalized spacial score (nSPS) is 22.4. The highest BCUT2D eigenvalue weighted by molar-refractivity contribution is 5.78. The molecule has 118 valence electrons. The van der Waals surface area contributed by atoms with Crippen molar-refractivity contribution in [2.24, 2.45) is 0 Å². The Bertz CT molecular complexity index is 422. The fourth-order valence-electron chi connectivity index (χ4n) is 2.25. The highest BCUT2D eigenvalue weighted by Gasteiger charge is 2.27. The van der Waals surface area contributed by atoms with E-state index in [0.717, 1.165) is 18.7 Å². The lowest BCUT2D eigenvalue weighted by atomic mass is 10.1. The minimum Gasteiger partial charge on any atom is -0.379 e. The molecule has 0 unspecified atom stereocenters. The van der Waals surface area contributed by atoms with Crippen molar-refractivity contribution < 1.29 is 14.3 Å². The molecule has 0 aliphatic carbocycles. The van der Waals surface area contributed by atoms with Crippen LogP contribution in [0.3, 0.4) is 0 Å². The molecule has 0 spiro atoms.